The first-order chi connectivity index (χ1) is 5.74. The number of hydrogen-bond donors (Lipinski definition) is 1. The van der Waals surface area contributed by atoms with E-state index in [0.29, 0.717) is 6.54 Å². The lowest BCUT2D eigenvalue weighted by atomic mass is 10.1. The summed E-state index contributed by atoms with van der Waals surface area (Å²) in [7, 11) is 0. The molecule has 0 aromatic heterocycles. The van der Waals surface area contributed by atoms with Crippen molar-refractivity contribution in [2.45, 2.75) is 6.92 Å². The first-order valence-electron chi connectivity index (χ1n) is 3.69. The van der Waals surface area contributed by atoms with E-state index in [9.17, 15) is 0 Å². The molecular formula is C10H10BrN. The second kappa shape index (κ2) is 4.30. The predicted octanol–water partition coefficient (Wildman–Crippen LogP) is 2.07. The lowest BCUT2D eigenvalue weighted by Crippen LogP contribution is -1.93. The summed E-state index contributed by atoms with van der Waals surface area (Å²) in [5.41, 5.74) is 7.47. The number of halogens is 1. The van der Waals surface area contributed by atoms with E-state index in [0.717, 1.165) is 10.0 Å². The van der Waals surface area contributed by atoms with Crippen molar-refractivity contribution in [3.05, 3.63) is 33.8 Å². The molecule has 0 radical (unpaired) electrons. The van der Waals surface area contributed by atoms with E-state index < -0.39 is 0 Å². The molecule has 0 aliphatic heterocycles. The minimum absolute atomic E-state index is 0.408. The van der Waals surface area contributed by atoms with Gasteiger partial charge in [-0.1, -0.05) is 33.8 Å². The van der Waals surface area contributed by atoms with Crippen LogP contribution in [0.3, 0.4) is 0 Å². The van der Waals surface area contributed by atoms with E-state index in [1.807, 2.05) is 25.1 Å². The largest absolute Gasteiger partial charge is 0.320 e. The Balaban J connectivity index is 2.97. The van der Waals surface area contributed by atoms with Crippen LogP contribution >= 0.6 is 15.9 Å². The summed E-state index contributed by atoms with van der Waals surface area (Å²) in [4.78, 5) is 0. The molecule has 0 fully saturated rings. The quantitative estimate of drug-likeness (QED) is 0.670. The van der Waals surface area contributed by atoms with E-state index in [-0.39, 0.29) is 0 Å². The molecule has 0 saturated carbocycles. The molecule has 2 N–H and O–H groups in total. The Morgan fingerprint density at radius 3 is 2.83 bits per heavy atom. The molecule has 0 amide bonds. The molecule has 0 spiro atoms. The molecule has 0 aliphatic rings. The van der Waals surface area contributed by atoms with Crippen LogP contribution in [0.4, 0.5) is 0 Å². The molecule has 2 heteroatoms. The molecule has 1 aromatic rings. The maximum atomic E-state index is 5.26. The molecule has 1 aromatic carbocycles. The monoisotopic (exact) mass is 223 g/mol. The van der Waals surface area contributed by atoms with Crippen LogP contribution in [-0.2, 0) is 0 Å². The fourth-order valence-corrected chi connectivity index (χ4v) is 1.20. The van der Waals surface area contributed by atoms with Gasteiger partial charge in [0.15, 0.2) is 0 Å². The third-order valence-electron chi connectivity index (χ3n) is 1.51. The molecule has 0 heterocycles. The van der Waals surface area contributed by atoms with Gasteiger partial charge in [0.1, 0.15) is 0 Å². The van der Waals surface area contributed by atoms with Crippen molar-refractivity contribution >= 4 is 15.9 Å². The molecule has 0 bridgehead atoms. The summed E-state index contributed by atoms with van der Waals surface area (Å²) < 4.78 is 1.09. The van der Waals surface area contributed by atoms with Gasteiger partial charge < -0.3 is 5.73 Å². The molecule has 0 unspecified atom stereocenters. The van der Waals surface area contributed by atoms with E-state index in [1.165, 1.54) is 5.56 Å². The molecular weight excluding hydrogens is 214 g/mol. The zero-order valence-electron chi connectivity index (χ0n) is 6.89. The minimum Gasteiger partial charge on any atom is -0.320 e. The highest BCUT2D eigenvalue weighted by Crippen LogP contribution is 2.16. The fraction of sp³-hybridized carbons (Fsp3) is 0.200. The number of benzene rings is 1. The SMILES string of the molecule is Cc1ccc(C#CCN)cc1Br. The van der Waals surface area contributed by atoms with Crippen molar-refractivity contribution in [1.82, 2.24) is 0 Å². The number of hydrogen-bond acceptors (Lipinski definition) is 1. The van der Waals surface area contributed by atoms with Crippen LogP contribution in [0.25, 0.3) is 0 Å². The maximum Gasteiger partial charge on any atom is 0.0555 e. The second-order valence-corrected chi connectivity index (χ2v) is 3.32. The second-order valence-electron chi connectivity index (χ2n) is 2.47. The molecule has 1 rings (SSSR count). The molecule has 12 heavy (non-hydrogen) atoms. The summed E-state index contributed by atoms with van der Waals surface area (Å²) in [5.74, 6) is 5.78. The summed E-state index contributed by atoms with van der Waals surface area (Å²) in [6, 6.07) is 6.02. The smallest absolute Gasteiger partial charge is 0.0555 e. The summed E-state index contributed by atoms with van der Waals surface area (Å²) in [6.45, 7) is 2.45. The zero-order valence-corrected chi connectivity index (χ0v) is 8.48. The van der Waals surface area contributed by atoms with Crippen LogP contribution in [0.5, 0.6) is 0 Å². The Hall–Kier alpha value is -0.780. The van der Waals surface area contributed by atoms with Gasteiger partial charge in [0.05, 0.1) is 6.54 Å². The van der Waals surface area contributed by atoms with Gasteiger partial charge in [0.2, 0.25) is 0 Å². The van der Waals surface area contributed by atoms with E-state index in [2.05, 4.69) is 27.8 Å². The third-order valence-corrected chi connectivity index (χ3v) is 2.36. The predicted molar refractivity (Wildman–Crippen MR) is 54.8 cm³/mol. The van der Waals surface area contributed by atoms with Crippen LogP contribution < -0.4 is 5.73 Å². The Bertz CT molecular complexity index is 333. The average Bonchev–Trinajstić information content (AvgIpc) is 2.07. The molecule has 0 saturated heterocycles. The van der Waals surface area contributed by atoms with Crippen LogP contribution in [0, 0.1) is 18.8 Å². The third kappa shape index (κ3) is 2.37. The Kier molecular flexibility index (Phi) is 3.33. The van der Waals surface area contributed by atoms with Crippen molar-refractivity contribution in [3.63, 3.8) is 0 Å². The molecule has 1 nitrogen and oxygen atoms in total. The minimum atomic E-state index is 0.408. The van der Waals surface area contributed by atoms with Crippen LogP contribution in [0.15, 0.2) is 22.7 Å². The van der Waals surface area contributed by atoms with Gasteiger partial charge >= 0.3 is 0 Å². The van der Waals surface area contributed by atoms with Gasteiger partial charge in [-0.15, -0.1) is 0 Å². The average molecular weight is 224 g/mol. The van der Waals surface area contributed by atoms with Crippen LogP contribution in [0.2, 0.25) is 0 Å². The maximum absolute atomic E-state index is 5.26. The number of aryl methyl sites for hydroxylation is 1. The standard InChI is InChI=1S/C10H10BrN/c1-8-4-5-9(3-2-6-12)7-10(8)11/h4-5,7H,6,12H2,1H3. The van der Waals surface area contributed by atoms with Gasteiger partial charge in [0.25, 0.3) is 0 Å². The fourth-order valence-electron chi connectivity index (χ4n) is 0.824. The lowest BCUT2D eigenvalue weighted by molar-refractivity contribution is 1.30. The highest BCUT2D eigenvalue weighted by atomic mass is 79.9. The van der Waals surface area contributed by atoms with E-state index in [1.54, 1.807) is 0 Å². The van der Waals surface area contributed by atoms with Gasteiger partial charge in [-0.3, -0.25) is 0 Å². The van der Waals surface area contributed by atoms with Crippen LogP contribution in [-0.4, -0.2) is 6.54 Å². The van der Waals surface area contributed by atoms with Gasteiger partial charge in [-0.05, 0) is 24.6 Å². The summed E-state index contributed by atoms with van der Waals surface area (Å²) in [6.07, 6.45) is 0. The summed E-state index contributed by atoms with van der Waals surface area (Å²) >= 11 is 3.44. The first-order valence-corrected chi connectivity index (χ1v) is 4.48. The van der Waals surface area contributed by atoms with Crippen molar-refractivity contribution < 1.29 is 0 Å². The zero-order chi connectivity index (χ0) is 8.97. The normalized spacial score (nSPS) is 8.92. The summed E-state index contributed by atoms with van der Waals surface area (Å²) in [5, 5.41) is 0. The first kappa shape index (κ1) is 9.31. The van der Waals surface area contributed by atoms with E-state index in [4.69, 9.17) is 5.73 Å². The Morgan fingerprint density at radius 1 is 1.50 bits per heavy atom. The number of nitrogens with two attached hydrogens (primary N) is 1. The van der Waals surface area contributed by atoms with Crippen molar-refractivity contribution in [2.75, 3.05) is 6.54 Å². The van der Waals surface area contributed by atoms with Gasteiger partial charge in [-0.25, -0.2) is 0 Å². The molecule has 62 valence electrons. The topological polar surface area (TPSA) is 26.0 Å². The van der Waals surface area contributed by atoms with Gasteiger partial charge in [-0.2, -0.15) is 0 Å². The molecule has 0 aliphatic carbocycles. The van der Waals surface area contributed by atoms with Crippen molar-refractivity contribution in [1.29, 1.82) is 0 Å². The highest BCUT2D eigenvalue weighted by molar-refractivity contribution is 9.10. The van der Waals surface area contributed by atoms with Crippen LogP contribution in [0.1, 0.15) is 11.1 Å². The Labute approximate surface area is 81.1 Å². The lowest BCUT2D eigenvalue weighted by Gasteiger charge is -1.96. The molecule has 0 atom stereocenters. The number of rotatable bonds is 0. The van der Waals surface area contributed by atoms with Gasteiger partial charge in [0, 0.05) is 10.0 Å². The van der Waals surface area contributed by atoms with Crippen molar-refractivity contribution in [2.24, 2.45) is 5.73 Å². The Morgan fingerprint density at radius 2 is 2.25 bits per heavy atom. The highest BCUT2D eigenvalue weighted by Gasteiger charge is 1.93. The van der Waals surface area contributed by atoms with Crippen molar-refractivity contribution in [3.8, 4) is 11.8 Å². The van der Waals surface area contributed by atoms with E-state index >= 15 is 0 Å².